The molecule has 2 fully saturated rings. The van der Waals surface area contributed by atoms with Gasteiger partial charge in [0.25, 0.3) is 0 Å². The second kappa shape index (κ2) is 8.38. The summed E-state index contributed by atoms with van der Waals surface area (Å²) in [5.41, 5.74) is 0.815. The molecule has 2 aliphatic rings. The molecule has 1 amide bonds. The molecule has 3 rings (SSSR count). The maximum atomic E-state index is 12.3. The van der Waals surface area contributed by atoms with Crippen LogP contribution in [0, 0.1) is 5.92 Å². The van der Waals surface area contributed by atoms with E-state index in [0.29, 0.717) is 19.0 Å². The van der Waals surface area contributed by atoms with E-state index in [1.807, 2.05) is 32.9 Å². The van der Waals surface area contributed by atoms with Crippen LogP contribution >= 0.6 is 11.6 Å². The second-order valence-electron chi connectivity index (χ2n) is 8.83. The molecule has 0 aliphatic carbocycles. The van der Waals surface area contributed by atoms with Crippen LogP contribution in [0.25, 0.3) is 0 Å². The van der Waals surface area contributed by atoms with E-state index in [2.05, 4.69) is 17.0 Å². The van der Waals surface area contributed by atoms with Crippen LogP contribution in [-0.2, 0) is 11.2 Å². The summed E-state index contributed by atoms with van der Waals surface area (Å²) in [5.74, 6) is 0.655. The Balaban J connectivity index is 1.49. The van der Waals surface area contributed by atoms with E-state index >= 15 is 0 Å². The number of aliphatic hydroxyl groups excluding tert-OH is 1. The molecule has 1 aromatic rings. The van der Waals surface area contributed by atoms with Crippen LogP contribution in [0.4, 0.5) is 4.79 Å². The van der Waals surface area contributed by atoms with Crippen molar-refractivity contribution in [2.75, 3.05) is 26.2 Å². The number of nitrogens with zero attached hydrogens (tertiary/aromatic N) is 2. The lowest BCUT2D eigenvalue weighted by molar-refractivity contribution is 0.0268. The van der Waals surface area contributed by atoms with E-state index in [-0.39, 0.29) is 12.1 Å². The normalized spacial score (nSPS) is 25.0. The molecule has 0 saturated carbocycles. The Hall–Kier alpha value is -1.30. The van der Waals surface area contributed by atoms with Crippen LogP contribution in [0.2, 0.25) is 5.02 Å². The number of hydrogen-bond acceptors (Lipinski definition) is 4. The van der Waals surface area contributed by atoms with Crippen LogP contribution in [0.3, 0.4) is 0 Å². The molecule has 2 saturated heterocycles. The summed E-state index contributed by atoms with van der Waals surface area (Å²) in [6.45, 7) is 8.40. The lowest BCUT2D eigenvalue weighted by Crippen LogP contribution is -2.47. The quantitative estimate of drug-likeness (QED) is 0.851. The molecule has 27 heavy (non-hydrogen) atoms. The van der Waals surface area contributed by atoms with Gasteiger partial charge in [0.1, 0.15) is 5.60 Å². The van der Waals surface area contributed by atoms with Crippen LogP contribution in [0.1, 0.15) is 39.2 Å². The van der Waals surface area contributed by atoms with Gasteiger partial charge in [-0.2, -0.15) is 0 Å². The first-order chi connectivity index (χ1) is 12.7. The Kier molecular flexibility index (Phi) is 6.34. The topological polar surface area (TPSA) is 53.0 Å². The number of benzene rings is 1. The monoisotopic (exact) mass is 394 g/mol. The summed E-state index contributed by atoms with van der Waals surface area (Å²) < 4.78 is 5.45. The van der Waals surface area contributed by atoms with E-state index in [4.69, 9.17) is 16.3 Å². The predicted octanol–water partition coefficient (Wildman–Crippen LogP) is 3.57. The minimum atomic E-state index is -0.514. The highest BCUT2D eigenvalue weighted by molar-refractivity contribution is 6.30. The SMILES string of the molecule is CC(C)(C)OC(=O)N1C[C@@H](O)[C@H](N2CCC(Cc3ccc(Cl)cc3)CC2)C1. The van der Waals surface area contributed by atoms with Crippen molar-refractivity contribution in [2.24, 2.45) is 5.92 Å². The molecule has 0 radical (unpaired) electrons. The molecule has 2 atom stereocenters. The van der Waals surface area contributed by atoms with Crippen molar-refractivity contribution in [3.8, 4) is 0 Å². The molecule has 0 aromatic heterocycles. The van der Waals surface area contributed by atoms with Gasteiger partial charge in [-0.15, -0.1) is 0 Å². The van der Waals surface area contributed by atoms with E-state index < -0.39 is 11.7 Å². The molecule has 0 spiro atoms. The highest BCUT2D eigenvalue weighted by atomic mass is 35.5. The van der Waals surface area contributed by atoms with Crippen molar-refractivity contribution in [1.82, 2.24) is 9.80 Å². The molecule has 150 valence electrons. The average molecular weight is 395 g/mol. The predicted molar refractivity (Wildman–Crippen MR) is 107 cm³/mol. The van der Waals surface area contributed by atoms with E-state index in [1.54, 1.807) is 4.90 Å². The van der Waals surface area contributed by atoms with Gasteiger partial charge in [-0.3, -0.25) is 4.90 Å². The lowest BCUT2D eigenvalue weighted by atomic mass is 9.89. The number of likely N-dealkylation sites (tertiary alicyclic amines) is 2. The maximum absolute atomic E-state index is 12.3. The number of carbonyl (C=O) groups is 1. The summed E-state index contributed by atoms with van der Waals surface area (Å²) in [6.07, 6.45) is 2.45. The molecule has 2 heterocycles. The van der Waals surface area contributed by atoms with E-state index in [0.717, 1.165) is 37.4 Å². The number of hydrogen-bond donors (Lipinski definition) is 1. The van der Waals surface area contributed by atoms with Crippen LogP contribution < -0.4 is 0 Å². The Morgan fingerprint density at radius 1 is 1.19 bits per heavy atom. The van der Waals surface area contributed by atoms with E-state index in [1.165, 1.54) is 5.56 Å². The van der Waals surface area contributed by atoms with Crippen molar-refractivity contribution in [3.05, 3.63) is 34.9 Å². The zero-order chi connectivity index (χ0) is 19.6. The minimum absolute atomic E-state index is 0.00833. The summed E-state index contributed by atoms with van der Waals surface area (Å²) in [4.78, 5) is 16.3. The average Bonchev–Trinajstić information content (AvgIpc) is 2.98. The van der Waals surface area contributed by atoms with Gasteiger partial charge >= 0.3 is 6.09 Å². The highest BCUT2D eigenvalue weighted by Crippen LogP contribution is 2.27. The zero-order valence-electron chi connectivity index (χ0n) is 16.5. The van der Waals surface area contributed by atoms with E-state index in [9.17, 15) is 9.90 Å². The van der Waals surface area contributed by atoms with Crippen LogP contribution in [0.15, 0.2) is 24.3 Å². The zero-order valence-corrected chi connectivity index (χ0v) is 17.3. The summed E-state index contributed by atoms with van der Waals surface area (Å²) in [7, 11) is 0. The van der Waals surface area contributed by atoms with Gasteiger partial charge in [0, 0.05) is 11.6 Å². The lowest BCUT2D eigenvalue weighted by Gasteiger charge is -2.37. The molecule has 0 unspecified atom stereocenters. The fraction of sp³-hybridized carbons (Fsp3) is 0.667. The Bertz CT molecular complexity index is 636. The van der Waals surface area contributed by atoms with Crippen molar-refractivity contribution < 1.29 is 14.6 Å². The summed E-state index contributed by atoms with van der Waals surface area (Å²) in [6, 6.07) is 8.12. The third kappa shape index (κ3) is 5.59. The molecular formula is C21H31ClN2O3. The molecule has 6 heteroatoms. The first kappa shape index (κ1) is 20.4. The number of ether oxygens (including phenoxy) is 1. The Labute approximate surface area is 167 Å². The van der Waals surface area contributed by atoms with Crippen LogP contribution in [-0.4, -0.2) is 64.9 Å². The van der Waals surface area contributed by atoms with Gasteiger partial charge in [0.15, 0.2) is 0 Å². The first-order valence-corrected chi connectivity index (χ1v) is 10.2. The van der Waals surface area contributed by atoms with Gasteiger partial charge < -0.3 is 14.7 Å². The van der Waals surface area contributed by atoms with Crippen molar-refractivity contribution >= 4 is 17.7 Å². The summed E-state index contributed by atoms with van der Waals surface area (Å²) >= 11 is 5.96. The fourth-order valence-corrected chi connectivity index (χ4v) is 4.17. The van der Waals surface area contributed by atoms with Crippen LogP contribution in [0.5, 0.6) is 0 Å². The third-order valence-electron chi connectivity index (χ3n) is 5.47. The fourth-order valence-electron chi connectivity index (χ4n) is 4.05. The standard InChI is InChI=1S/C21H31ClN2O3/c1-21(2,3)27-20(26)24-13-18(19(25)14-24)23-10-8-16(9-11-23)12-15-4-6-17(22)7-5-15/h4-7,16,18-19,25H,8-14H2,1-3H3/t18-,19-/m1/s1. The molecule has 0 bridgehead atoms. The molecule has 1 aromatic carbocycles. The molecular weight excluding hydrogens is 364 g/mol. The minimum Gasteiger partial charge on any atom is -0.444 e. The highest BCUT2D eigenvalue weighted by Gasteiger charge is 2.40. The summed E-state index contributed by atoms with van der Waals surface area (Å²) in [5, 5.41) is 11.3. The number of aliphatic hydroxyl groups is 1. The number of halogens is 1. The smallest absolute Gasteiger partial charge is 0.410 e. The van der Waals surface area contributed by atoms with Crippen molar-refractivity contribution in [1.29, 1.82) is 0 Å². The largest absolute Gasteiger partial charge is 0.444 e. The van der Waals surface area contributed by atoms with Gasteiger partial charge in [-0.1, -0.05) is 23.7 Å². The second-order valence-corrected chi connectivity index (χ2v) is 9.27. The number of piperidine rings is 1. The number of β-amino-alcohol motifs (C(OH)–C–C–N with tert-alkyl or cyclic N) is 1. The van der Waals surface area contributed by atoms with Gasteiger partial charge in [-0.05, 0) is 76.7 Å². The van der Waals surface area contributed by atoms with Crippen molar-refractivity contribution in [2.45, 2.75) is 57.8 Å². The van der Waals surface area contributed by atoms with Gasteiger partial charge in [-0.25, -0.2) is 4.79 Å². The maximum Gasteiger partial charge on any atom is 0.410 e. The van der Waals surface area contributed by atoms with Crippen molar-refractivity contribution in [3.63, 3.8) is 0 Å². The molecule has 1 N–H and O–H groups in total. The number of carbonyl (C=O) groups excluding carboxylic acids is 1. The molecule has 5 nitrogen and oxygen atoms in total. The Morgan fingerprint density at radius 3 is 2.41 bits per heavy atom. The number of amides is 1. The van der Waals surface area contributed by atoms with Gasteiger partial charge in [0.2, 0.25) is 0 Å². The third-order valence-corrected chi connectivity index (χ3v) is 5.72. The van der Waals surface area contributed by atoms with Gasteiger partial charge in [0.05, 0.1) is 18.7 Å². The Morgan fingerprint density at radius 2 is 1.81 bits per heavy atom. The molecule has 2 aliphatic heterocycles. The first-order valence-electron chi connectivity index (χ1n) is 9.86. The number of rotatable bonds is 3.